The van der Waals surface area contributed by atoms with E-state index >= 15 is 0 Å². The lowest BCUT2D eigenvalue weighted by molar-refractivity contribution is 0.457. The van der Waals surface area contributed by atoms with Crippen molar-refractivity contribution in [1.29, 1.82) is 0 Å². The second kappa shape index (κ2) is 6.25. The molecule has 0 aromatic carbocycles. The maximum Gasteiger partial charge on any atom is 0.140 e. The van der Waals surface area contributed by atoms with Crippen molar-refractivity contribution in [3.05, 3.63) is 12.2 Å². The van der Waals surface area contributed by atoms with Gasteiger partial charge >= 0.3 is 0 Å². The second-order valence-corrected chi connectivity index (χ2v) is 5.39. The first-order chi connectivity index (χ1) is 7.90. The van der Waals surface area contributed by atoms with Crippen LogP contribution in [0.1, 0.15) is 32.0 Å². The van der Waals surface area contributed by atoms with Crippen molar-refractivity contribution in [2.75, 3.05) is 11.5 Å². The van der Waals surface area contributed by atoms with Crippen molar-refractivity contribution in [1.82, 2.24) is 20.1 Å². The van der Waals surface area contributed by atoms with E-state index in [9.17, 15) is 0 Å². The minimum Gasteiger partial charge on any atom is -0.307 e. The number of aromatic nitrogens is 3. The molecule has 1 aromatic heterocycles. The van der Waals surface area contributed by atoms with Crippen LogP contribution in [0.4, 0.5) is 0 Å². The van der Waals surface area contributed by atoms with Crippen molar-refractivity contribution < 1.29 is 0 Å². The highest BCUT2D eigenvalue weighted by molar-refractivity contribution is 7.99. The van der Waals surface area contributed by atoms with Crippen LogP contribution >= 0.6 is 11.8 Å². The molecule has 1 fully saturated rings. The molecule has 2 heterocycles. The minimum atomic E-state index is 0.674. The molecule has 2 rings (SSSR count). The monoisotopic (exact) mass is 240 g/mol. The molecule has 1 N–H and O–H groups in total. The van der Waals surface area contributed by atoms with E-state index < -0.39 is 0 Å². The van der Waals surface area contributed by atoms with Crippen LogP contribution < -0.4 is 5.32 Å². The third-order valence-corrected chi connectivity index (χ3v) is 3.95. The van der Waals surface area contributed by atoms with Crippen LogP contribution in [0.25, 0.3) is 0 Å². The average Bonchev–Trinajstić information content (AvgIpc) is 2.76. The van der Waals surface area contributed by atoms with E-state index in [-0.39, 0.29) is 0 Å². The van der Waals surface area contributed by atoms with Gasteiger partial charge in [0.2, 0.25) is 0 Å². The number of nitrogens with one attached hydrogen (secondary N) is 1. The molecular weight excluding hydrogens is 220 g/mol. The SMILES string of the molecule is CCCn1ncnc1CNC1CCSCC1. The molecule has 1 aliphatic heterocycles. The van der Waals surface area contributed by atoms with Gasteiger partial charge in [-0.05, 0) is 30.8 Å². The summed E-state index contributed by atoms with van der Waals surface area (Å²) in [6.45, 7) is 3.99. The molecule has 90 valence electrons. The lowest BCUT2D eigenvalue weighted by Crippen LogP contribution is -2.33. The number of thioether (sulfide) groups is 1. The number of hydrogen-bond acceptors (Lipinski definition) is 4. The molecule has 16 heavy (non-hydrogen) atoms. The van der Waals surface area contributed by atoms with Gasteiger partial charge in [0.1, 0.15) is 12.2 Å². The van der Waals surface area contributed by atoms with E-state index in [0.717, 1.165) is 25.3 Å². The van der Waals surface area contributed by atoms with Crippen molar-refractivity contribution in [3.8, 4) is 0 Å². The van der Waals surface area contributed by atoms with E-state index in [2.05, 4.69) is 34.1 Å². The summed E-state index contributed by atoms with van der Waals surface area (Å²) < 4.78 is 2.00. The van der Waals surface area contributed by atoms with E-state index in [4.69, 9.17) is 0 Å². The number of hydrogen-bond donors (Lipinski definition) is 1. The average molecular weight is 240 g/mol. The first-order valence-corrected chi connectivity index (χ1v) is 7.23. The third kappa shape index (κ3) is 3.22. The molecule has 0 spiro atoms. The van der Waals surface area contributed by atoms with Crippen LogP contribution in [0.3, 0.4) is 0 Å². The molecular formula is C11H20N4S. The highest BCUT2D eigenvalue weighted by Gasteiger charge is 2.13. The summed E-state index contributed by atoms with van der Waals surface area (Å²) in [6, 6.07) is 0.674. The Hall–Kier alpha value is -0.550. The van der Waals surface area contributed by atoms with Gasteiger partial charge in [0.25, 0.3) is 0 Å². The Bertz CT molecular complexity index is 307. The van der Waals surface area contributed by atoms with Gasteiger partial charge in [0.15, 0.2) is 0 Å². The van der Waals surface area contributed by atoms with Crippen LogP contribution in [0, 0.1) is 0 Å². The number of rotatable bonds is 5. The van der Waals surface area contributed by atoms with Crippen LogP contribution in [0.2, 0.25) is 0 Å². The van der Waals surface area contributed by atoms with Crippen LogP contribution in [0.15, 0.2) is 6.33 Å². The molecule has 1 saturated heterocycles. The van der Waals surface area contributed by atoms with Crippen molar-refractivity contribution >= 4 is 11.8 Å². The summed E-state index contributed by atoms with van der Waals surface area (Å²) >= 11 is 2.06. The Morgan fingerprint density at radius 3 is 3.06 bits per heavy atom. The highest BCUT2D eigenvalue weighted by atomic mass is 32.2. The van der Waals surface area contributed by atoms with Crippen molar-refractivity contribution in [3.63, 3.8) is 0 Å². The Balaban J connectivity index is 1.81. The zero-order valence-electron chi connectivity index (χ0n) is 9.85. The highest BCUT2D eigenvalue weighted by Crippen LogP contribution is 2.17. The van der Waals surface area contributed by atoms with Gasteiger partial charge in [-0.25, -0.2) is 9.67 Å². The Morgan fingerprint density at radius 2 is 2.31 bits per heavy atom. The maximum atomic E-state index is 4.30. The van der Waals surface area contributed by atoms with E-state index in [1.54, 1.807) is 6.33 Å². The molecule has 0 unspecified atom stereocenters. The van der Waals surface area contributed by atoms with Gasteiger partial charge in [-0.2, -0.15) is 16.9 Å². The summed E-state index contributed by atoms with van der Waals surface area (Å²) in [4.78, 5) is 4.30. The summed E-state index contributed by atoms with van der Waals surface area (Å²) in [7, 11) is 0. The fraction of sp³-hybridized carbons (Fsp3) is 0.818. The van der Waals surface area contributed by atoms with Crippen molar-refractivity contribution in [2.45, 2.75) is 45.3 Å². The Morgan fingerprint density at radius 1 is 1.50 bits per heavy atom. The smallest absolute Gasteiger partial charge is 0.140 e. The van der Waals surface area contributed by atoms with Gasteiger partial charge in [0, 0.05) is 12.6 Å². The molecule has 1 aromatic rings. The molecule has 5 heteroatoms. The quantitative estimate of drug-likeness (QED) is 0.850. The zero-order chi connectivity index (χ0) is 11.2. The van der Waals surface area contributed by atoms with Gasteiger partial charge in [-0.3, -0.25) is 0 Å². The van der Waals surface area contributed by atoms with E-state index in [1.807, 2.05) is 4.68 Å². The Labute approximate surface area is 101 Å². The van der Waals surface area contributed by atoms with Crippen LogP contribution in [0.5, 0.6) is 0 Å². The molecule has 0 radical (unpaired) electrons. The first-order valence-electron chi connectivity index (χ1n) is 6.08. The number of aryl methyl sites for hydroxylation is 1. The fourth-order valence-corrected chi connectivity index (χ4v) is 3.07. The third-order valence-electron chi connectivity index (χ3n) is 2.90. The van der Waals surface area contributed by atoms with E-state index in [0.29, 0.717) is 6.04 Å². The lowest BCUT2D eigenvalue weighted by atomic mass is 10.1. The predicted octanol–water partition coefficient (Wildman–Crippen LogP) is 1.67. The van der Waals surface area contributed by atoms with Gasteiger partial charge in [-0.1, -0.05) is 6.92 Å². The predicted molar refractivity (Wildman–Crippen MR) is 67.5 cm³/mol. The first kappa shape index (κ1) is 11.9. The lowest BCUT2D eigenvalue weighted by Gasteiger charge is -2.22. The molecule has 4 nitrogen and oxygen atoms in total. The Kier molecular flexibility index (Phi) is 4.66. The topological polar surface area (TPSA) is 42.7 Å². The summed E-state index contributed by atoms with van der Waals surface area (Å²) in [5, 5.41) is 7.82. The van der Waals surface area contributed by atoms with E-state index in [1.165, 1.54) is 24.3 Å². The summed E-state index contributed by atoms with van der Waals surface area (Å²) in [6.07, 6.45) is 5.33. The zero-order valence-corrected chi connectivity index (χ0v) is 10.7. The van der Waals surface area contributed by atoms with Gasteiger partial charge in [-0.15, -0.1) is 0 Å². The van der Waals surface area contributed by atoms with Crippen LogP contribution in [-0.2, 0) is 13.1 Å². The number of nitrogens with zero attached hydrogens (tertiary/aromatic N) is 3. The van der Waals surface area contributed by atoms with Crippen LogP contribution in [-0.4, -0.2) is 32.3 Å². The second-order valence-electron chi connectivity index (χ2n) is 4.17. The molecule has 0 aliphatic carbocycles. The molecule has 0 bridgehead atoms. The normalized spacial score (nSPS) is 17.8. The summed E-state index contributed by atoms with van der Waals surface area (Å²) in [5.74, 6) is 3.65. The molecule has 0 saturated carbocycles. The van der Waals surface area contributed by atoms with Crippen molar-refractivity contribution in [2.24, 2.45) is 0 Å². The standard InChI is InChI=1S/C11H20N4S/c1-2-5-15-11(13-9-14-15)8-12-10-3-6-16-7-4-10/h9-10,12H,2-8H2,1H3. The van der Waals surface area contributed by atoms with Gasteiger partial charge in [0.05, 0.1) is 6.54 Å². The minimum absolute atomic E-state index is 0.674. The van der Waals surface area contributed by atoms with Gasteiger partial charge < -0.3 is 5.32 Å². The molecule has 0 amide bonds. The molecule has 0 atom stereocenters. The molecule has 1 aliphatic rings. The fourth-order valence-electron chi connectivity index (χ4n) is 1.96. The summed E-state index contributed by atoms with van der Waals surface area (Å²) in [5.41, 5.74) is 0. The maximum absolute atomic E-state index is 4.30. The largest absolute Gasteiger partial charge is 0.307 e.